The molecule has 1 fully saturated rings. The zero-order valence-electron chi connectivity index (χ0n) is 33.8. The van der Waals surface area contributed by atoms with E-state index in [1.165, 1.54) is 0 Å². The maximum Gasteiger partial charge on any atom is 0.410 e. The molecule has 2 aliphatic carbocycles. The smallest absolute Gasteiger partial charge is 0.410 e. The van der Waals surface area contributed by atoms with Crippen molar-refractivity contribution < 1.29 is 43.6 Å². The first-order valence-electron chi connectivity index (χ1n) is 20.8. The van der Waals surface area contributed by atoms with Gasteiger partial charge in [0.25, 0.3) is 0 Å². The van der Waals surface area contributed by atoms with E-state index in [1.807, 2.05) is 61.5 Å². The largest absolute Gasteiger partial charge is 0.459 e. The van der Waals surface area contributed by atoms with Crippen LogP contribution >= 0.6 is 0 Å². The minimum absolute atomic E-state index is 0.0504. The predicted octanol–water partition coefficient (Wildman–Crippen LogP) is 8.99. The molecule has 6 unspecified atom stereocenters. The Labute approximate surface area is 342 Å². The van der Waals surface area contributed by atoms with Gasteiger partial charge in [0.15, 0.2) is 0 Å². The molecule has 6 rings (SSSR count). The van der Waals surface area contributed by atoms with E-state index in [2.05, 4.69) is 12.7 Å². The van der Waals surface area contributed by atoms with E-state index < -0.39 is 23.8 Å². The number of hydrogen-bond acceptors (Lipinski definition) is 10. The van der Waals surface area contributed by atoms with Crippen LogP contribution in [0, 0.1) is 17.8 Å². The molecule has 0 saturated heterocycles. The highest BCUT2D eigenvalue weighted by Crippen LogP contribution is 2.62. The Morgan fingerprint density at radius 1 is 0.983 bits per heavy atom. The fourth-order valence-corrected chi connectivity index (χ4v) is 9.08. The Hall–Kier alpha value is -4.97. The number of unbranched alkanes of at least 4 members (excludes halogenated alkanes) is 2. The number of fused-ring (bicyclic) bond motifs is 2. The van der Waals surface area contributed by atoms with Gasteiger partial charge in [0, 0.05) is 43.2 Å². The van der Waals surface area contributed by atoms with Crippen molar-refractivity contribution in [2.75, 3.05) is 33.0 Å². The Morgan fingerprint density at radius 3 is 2.48 bits per heavy atom. The number of aldehydes is 1. The Bertz CT molecular complexity index is 1900. The molecule has 0 bridgehead atoms. The summed E-state index contributed by atoms with van der Waals surface area (Å²) in [6, 6.07) is 22.0. The van der Waals surface area contributed by atoms with Crippen molar-refractivity contribution >= 4 is 18.1 Å². The molecule has 3 aromatic rings. The number of carbonyl (C=O) groups excluding carboxylic acids is 2. The Kier molecular flexibility index (Phi) is 15.2. The van der Waals surface area contributed by atoms with Gasteiger partial charge in [-0.1, -0.05) is 79.5 Å². The van der Waals surface area contributed by atoms with Gasteiger partial charge < -0.3 is 34.0 Å². The SMILES string of the molecule is C=CCOC12Oc3ccc(Oc4cccc(C=O)c4)cc3C3C(CCCCO)C(CCCCO)C=C(C(=NOCc4ccccc4)CC1N(CCC)C(=O)OCC)C32. The van der Waals surface area contributed by atoms with E-state index >= 15 is 0 Å². The Morgan fingerprint density at radius 2 is 1.76 bits per heavy atom. The molecule has 3 aromatic carbocycles. The molecule has 1 amide bonds. The number of aliphatic hydroxyl groups is 2. The molecule has 3 aliphatic rings. The zero-order chi connectivity index (χ0) is 40.9. The van der Waals surface area contributed by atoms with Gasteiger partial charge in [-0.05, 0) is 92.3 Å². The summed E-state index contributed by atoms with van der Waals surface area (Å²) in [6.45, 7) is 9.04. The lowest BCUT2D eigenvalue weighted by Gasteiger charge is -2.59. The summed E-state index contributed by atoms with van der Waals surface area (Å²) < 4.78 is 26.4. The van der Waals surface area contributed by atoms with E-state index in [-0.39, 0.29) is 57.2 Å². The number of hydrogen-bond donors (Lipinski definition) is 2. The van der Waals surface area contributed by atoms with Crippen LogP contribution in [0.5, 0.6) is 17.2 Å². The van der Waals surface area contributed by atoms with Crippen LogP contribution in [-0.4, -0.2) is 78.0 Å². The number of ether oxygens (including phenoxy) is 4. The zero-order valence-corrected chi connectivity index (χ0v) is 33.8. The van der Waals surface area contributed by atoms with Crippen molar-refractivity contribution in [2.45, 2.75) is 89.6 Å². The van der Waals surface area contributed by atoms with E-state index in [1.54, 1.807) is 36.1 Å². The molecule has 11 nitrogen and oxygen atoms in total. The molecule has 0 radical (unpaired) electrons. The van der Waals surface area contributed by atoms with E-state index in [0.29, 0.717) is 54.3 Å². The van der Waals surface area contributed by atoms with Crippen molar-refractivity contribution in [3.05, 3.63) is 114 Å². The summed E-state index contributed by atoms with van der Waals surface area (Å²) in [5.74, 6) is -0.212. The van der Waals surface area contributed by atoms with Gasteiger partial charge in [-0.2, -0.15) is 0 Å². The van der Waals surface area contributed by atoms with E-state index in [9.17, 15) is 19.8 Å². The molecule has 310 valence electrons. The summed E-state index contributed by atoms with van der Waals surface area (Å²) >= 11 is 0. The highest BCUT2D eigenvalue weighted by atomic mass is 16.7. The van der Waals surface area contributed by atoms with Crippen LogP contribution in [0.15, 0.2) is 102 Å². The van der Waals surface area contributed by atoms with Crippen molar-refractivity contribution in [1.82, 2.24) is 4.90 Å². The van der Waals surface area contributed by atoms with Crippen LogP contribution in [0.3, 0.4) is 0 Å². The van der Waals surface area contributed by atoms with Crippen molar-refractivity contribution in [2.24, 2.45) is 22.9 Å². The topological polar surface area (TPSA) is 136 Å². The molecular formula is C47H58N2O9. The standard InChI is InChI=1S/C47H58N2O9/c1-4-23-49(46(53)54-6-3)43-30-41(48-56-32-33-15-8-7-9-16-33)39-28-35(18-10-12-24-50)38(20-11-13-25-51)44-40-29-37(57-36-19-14-17-34(27-36)31-52)21-22-42(40)58-47(43,45(39)44)55-26-5-2/h5,7-9,14-17,19,21-22,27-29,31,35,38,43-45,50-51H,2,4,6,10-13,18,20,23-26,30,32H2,1,3H3. The average Bonchev–Trinajstić information content (AvgIpc) is 3.24. The lowest BCUT2D eigenvalue weighted by Crippen LogP contribution is -2.70. The van der Waals surface area contributed by atoms with Gasteiger partial charge in [0.1, 0.15) is 36.2 Å². The minimum atomic E-state index is -1.38. The first-order valence-corrected chi connectivity index (χ1v) is 20.8. The van der Waals surface area contributed by atoms with Crippen LogP contribution in [0.25, 0.3) is 0 Å². The second-order valence-corrected chi connectivity index (χ2v) is 15.2. The second kappa shape index (κ2) is 20.6. The maximum absolute atomic E-state index is 14.0. The third-order valence-electron chi connectivity index (χ3n) is 11.5. The molecule has 6 atom stereocenters. The van der Waals surface area contributed by atoms with E-state index in [4.69, 9.17) is 28.9 Å². The number of carbonyl (C=O) groups is 2. The third kappa shape index (κ3) is 9.49. The summed E-state index contributed by atoms with van der Waals surface area (Å²) in [5.41, 5.74) is 4.07. The molecule has 58 heavy (non-hydrogen) atoms. The second-order valence-electron chi connectivity index (χ2n) is 15.2. The third-order valence-corrected chi connectivity index (χ3v) is 11.5. The predicted molar refractivity (Wildman–Crippen MR) is 222 cm³/mol. The first-order chi connectivity index (χ1) is 28.4. The number of benzene rings is 3. The molecule has 11 heteroatoms. The molecule has 2 N–H and O–H groups in total. The highest BCUT2D eigenvalue weighted by Gasteiger charge is 2.65. The van der Waals surface area contributed by atoms with Crippen LogP contribution in [0.4, 0.5) is 4.79 Å². The van der Waals surface area contributed by atoms with Crippen molar-refractivity contribution in [1.29, 1.82) is 0 Å². The molecule has 0 aromatic heterocycles. The number of oxime groups is 1. The van der Waals surface area contributed by atoms with Gasteiger partial charge in [-0.25, -0.2) is 4.79 Å². The summed E-state index contributed by atoms with van der Waals surface area (Å²) in [6.07, 6.45) is 9.88. The van der Waals surface area contributed by atoms with E-state index in [0.717, 1.165) is 48.7 Å². The summed E-state index contributed by atoms with van der Waals surface area (Å²) in [5, 5.41) is 24.7. The van der Waals surface area contributed by atoms with Gasteiger partial charge in [0.05, 0.1) is 24.8 Å². The van der Waals surface area contributed by atoms with Crippen molar-refractivity contribution in [3.8, 4) is 17.2 Å². The average molecular weight is 795 g/mol. The highest BCUT2D eigenvalue weighted by molar-refractivity contribution is 6.03. The normalized spacial score (nSPS) is 23.8. The molecule has 0 spiro atoms. The number of allylic oxidation sites excluding steroid dienone is 1. The molecule has 1 aliphatic heterocycles. The fourth-order valence-electron chi connectivity index (χ4n) is 9.08. The van der Waals surface area contributed by atoms with Crippen LogP contribution in [-0.2, 0) is 20.9 Å². The summed E-state index contributed by atoms with van der Waals surface area (Å²) in [7, 11) is 0. The fraction of sp³-hybridized carbons (Fsp3) is 0.468. The number of aliphatic hydroxyl groups excluding tert-OH is 2. The monoisotopic (exact) mass is 794 g/mol. The maximum atomic E-state index is 14.0. The quantitative estimate of drug-likeness (QED) is 0.0469. The number of amides is 1. The Balaban J connectivity index is 1.58. The summed E-state index contributed by atoms with van der Waals surface area (Å²) in [4.78, 5) is 33.5. The molecular weight excluding hydrogens is 737 g/mol. The van der Waals surface area contributed by atoms with Crippen LogP contribution in [0.2, 0.25) is 0 Å². The lowest BCUT2D eigenvalue weighted by molar-refractivity contribution is -0.255. The number of rotatable bonds is 21. The van der Waals surface area contributed by atoms with Gasteiger partial charge in [-0.3, -0.25) is 9.69 Å². The lowest BCUT2D eigenvalue weighted by atomic mass is 9.55. The molecule has 1 saturated carbocycles. The first kappa shape index (κ1) is 42.6. The van der Waals surface area contributed by atoms with Crippen LogP contribution in [0.1, 0.15) is 92.6 Å². The minimum Gasteiger partial charge on any atom is -0.459 e. The van der Waals surface area contributed by atoms with Crippen molar-refractivity contribution in [3.63, 3.8) is 0 Å². The van der Waals surface area contributed by atoms with Gasteiger partial charge in [-0.15, -0.1) is 6.58 Å². The van der Waals surface area contributed by atoms with Crippen LogP contribution < -0.4 is 9.47 Å². The molecule has 1 heterocycles. The van der Waals surface area contributed by atoms with Gasteiger partial charge >= 0.3 is 6.09 Å². The van der Waals surface area contributed by atoms with Gasteiger partial charge in [0.2, 0.25) is 5.79 Å². The number of nitrogens with zero attached hydrogens (tertiary/aromatic N) is 2.